The minimum Gasteiger partial charge on any atom is -0.0533 e. The first kappa shape index (κ1) is 4.84. The molecule has 45 valence electrons. The van der Waals surface area contributed by atoms with Crippen LogP contribution in [0.2, 0.25) is 0 Å². The summed E-state index contributed by atoms with van der Waals surface area (Å²) < 4.78 is 0. The van der Waals surface area contributed by atoms with Gasteiger partial charge in [-0.25, -0.2) is 0 Å². The molecule has 0 nitrogen and oxygen atoms in total. The Morgan fingerprint density at radius 2 is 2.12 bits per heavy atom. The zero-order valence-corrected chi connectivity index (χ0v) is 5.32. The van der Waals surface area contributed by atoms with Crippen LogP contribution in [-0.2, 0) is 0 Å². The number of hydrogen-bond acceptors (Lipinski definition) is 0. The molecule has 0 aromatic carbocycles. The summed E-state index contributed by atoms with van der Waals surface area (Å²) in [7, 11) is 0. The molecular formula is C8H13. The van der Waals surface area contributed by atoms with Gasteiger partial charge in [0, 0.05) is 0 Å². The second-order valence-corrected chi connectivity index (χ2v) is 3.16. The molecule has 0 amide bonds. The minimum atomic E-state index is 1.11. The fourth-order valence-electron chi connectivity index (χ4n) is 1.79. The summed E-state index contributed by atoms with van der Waals surface area (Å²) in [5.74, 6) is 3.00. The molecule has 2 rings (SSSR count). The van der Waals surface area contributed by atoms with Crippen LogP contribution in [0.5, 0.6) is 0 Å². The van der Waals surface area contributed by atoms with E-state index in [-0.39, 0.29) is 0 Å². The van der Waals surface area contributed by atoms with E-state index < -0.39 is 0 Å². The molecule has 8 heavy (non-hydrogen) atoms. The fourth-order valence-corrected chi connectivity index (χ4v) is 1.79. The van der Waals surface area contributed by atoms with Crippen molar-refractivity contribution in [3.8, 4) is 0 Å². The van der Waals surface area contributed by atoms with Crippen molar-refractivity contribution in [2.75, 3.05) is 0 Å². The van der Waals surface area contributed by atoms with E-state index in [4.69, 9.17) is 0 Å². The van der Waals surface area contributed by atoms with Crippen molar-refractivity contribution < 1.29 is 0 Å². The average Bonchev–Trinajstić information content (AvgIpc) is 2.36. The molecule has 0 bridgehead atoms. The molecule has 0 heteroatoms. The molecular weight excluding hydrogens is 96.1 g/mol. The lowest BCUT2D eigenvalue weighted by Gasteiger charge is -1.90. The molecule has 2 aliphatic carbocycles. The Balaban J connectivity index is 1.89. The summed E-state index contributed by atoms with van der Waals surface area (Å²) in [5, 5.41) is 0. The summed E-state index contributed by atoms with van der Waals surface area (Å²) in [6.07, 6.45) is 9.00. The highest BCUT2D eigenvalue weighted by atomic mass is 14.4. The summed E-state index contributed by atoms with van der Waals surface area (Å²) in [5.41, 5.74) is 0. The van der Waals surface area contributed by atoms with Gasteiger partial charge in [-0.3, -0.25) is 0 Å². The SMILES string of the molecule is C1CC[C]2CC2CC1. The average molecular weight is 109 g/mol. The highest BCUT2D eigenvalue weighted by Crippen LogP contribution is 2.49. The van der Waals surface area contributed by atoms with Crippen molar-refractivity contribution in [3.05, 3.63) is 5.92 Å². The first-order chi connectivity index (χ1) is 3.97. The Labute approximate surface area is 51.3 Å². The van der Waals surface area contributed by atoms with Crippen molar-refractivity contribution in [2.45, 2.75) is 38.5 Å². The van der Waals surface area contributed by atoms with Gasteiger partial charge in [0.05, 0.1) is 0 Å². The van der Waals surface area contributed by atoms with Gasteiger partial charge < -0.3 is 0 Å². The molecule has 1 atom stereocenters. The second kappa shape index (κ2) is 1.75. The molecule has 2 aliphatic rings. The lowest BCUT2D eigenvalue weighted by Crippen LogP contribution is -1.73. The van der Waals surface area contributed by atoms with E-state index in [0.717, 1.165) is 5.92 Å². The highest BCUT2D eigenvalue weighted by Gasteiger charge is 2.37. The monoisotopic (exact) mass is 109 g/mol. The molecule has 0 spiro atoms. The van der Waals surface area contributed by atoms with Crippen LogP contribution in [0.4, 0.5) is 0 Å². The Morgan fingerprint density at radius 3 is 3.12 bits per heavy atom. The molecule has 0 N–H and O–H groups in total. The van der Waals surface area contributed by atoms with E-state index in [0.29, 0.717) is 0 Å². The van der Waals surface area contributed by atoms with Gasteiger partial charge >= 0.3 is 0 Å². The third-order valence-corrected chi connectivity index (χ3v) is 2.48. The van der Waals surface area contributed by atoms with Gasteiger partial charge in [-0.15, -0.1) is 0 Å². The van der Waals surface area contributed by atoms with Crippen molar-refractivity contribution in [2.24, 2.45) is 5.92 Å². The van der Waals surface area contributed by atoms with Crippen LogP contribution in [0.3, 0.4) is 0 Å². The van der Waals surface area contributed by atoms with Gasteiger partial charge in [-0.2, -0.15) is 0 Å². The topological polar surface area (TPSA) is 0 Å². The molecule has 2 fully saturated rings. The van der Waals surface area contributed by atoms with Crippen molar-refractivity contribution in [1.29, 1.82) is 0 Å². The van der Waals surface area contributed by atoms with Crippen LogP contribution in [0, 0.1) is 11.8 Å². The van der Waals surface area contributed by atoms with Crippen molar-refractivity contribution in [3.63, 3.8) is 0 Å². The summed E-state index contributed by atoms with van der Waals surface area (Å²) in [4.78, 5) is 0. The second-order valence-electron chi connectivity index (χ2n) is 3.16. The quantitative estimate of drug-likeness (QED) is 0.448. The summed E-state index contributed by atoms with van der Waals surface area (Å²) in [6, 6.07) is 0. The van der Waals surface area contributed by atoms with E-state index in [9.17, 15) is 0 Å². The maximum Gasteiger partial charge on any atom is -0.0207 e. The van der Waals surface area contributed by atoms with Crippen LogP contribution < -0.4 is 0 Å². The first-order valence-corrected chi connectivity index (χ1v) is 3.81. The van der Waals surface area contributed by atoms with E-state index in [1.54, 1.807) is 0 Å². The van der Waals surface area contributed by atoms with E-state index in [2.05, 4.69) is 0 Å². The van der Waals surface area contributed by atoms with Gasteiger partial charge in [0.15, 0.2) is 0 Å². The Hall–Kier alpha value is 0. The summed E-state index contributed by atoms with van der Waals surface area (Å²) >= 11 is 0. The predicted octanol–water partition coefficient (Wildman–Crippen LogP) is 2.54. The van der Waals surface area contributed by atoms with E-state index in [1.807, 2.05) is 5.92 Å². The number of rotatable bonds is 0. The Morgan fingerprint density at radius 1 is 1.12 bits per heavy atom. The van der Waals surface area contributed by atoms with Crippen LogP contribution >= 0.6 is 0 Å². The fraction of sp³-hybridized carbons (Fsp3) is 0.875. The Bertz CT molecular complexity index is 76.0. The molecule has 0 aliphatic heterocycles. The van der Waals surface area contributed by atoms with E-state index in [1.165, 1.54) is 38.5 Å². The highest BCUT2D eigenvalue weighted by molar-refractivity contribution is 5.14. The number of fused-ring (bicyclic) bond motifs is 1. The van der Waals surface area contributed by atoms with Crippen LogP contribution in [-0.4, -0.2) is 0 Å². The largest absolute Gasteiger partial charge is 0.0533 e. The Kier molecular flexibility index (Phi) is 1.06. The zero-order chi connectivity index (χ0) is 5.40. The van der Waals surface area contributed by atoms with Crippen LogP contribution in [0.25, 0.3) is 0 Å². The zero-order valence-electron chi connectivity index (χ0n) is 5.32. The van der Waals surface area contributed by atoms with Gasteiger partial charge in [0.1, 0.15) is 0 Å². The molecule has 2 saturated carbocycles. The van der Waals surface area contributed by atoms with Gasteiger partial charge in [0.2, 0.25) is 0 Å². The molecule has 0 aromatic rings. The number of hydrogen-bond donors (Lipinski definition) is 0. The van der Waals surface area contributed by atoms with Gasteiger partial charge in [0.25, 0.3) is 0 Å². The van der Waals surface area contributed by atoms with Gasteiger partial charge in [-0.1, -0.05) is 19.3 Å². The minimum absolute atomic E-state index is 1.11. The molecule has 0 saturated heterocycles. The third kappa shape index (κ3) is 0.765. The molecule has 1 unspecified atom stereocenters. The lowest BCUT2D eigenvalue weighted by molar-refractivity contribution is 0.647. The van der Waals surface area contributed by atoms with Crippen molar-refractivity contribution >= 4 is 0 Å². The standard InChI is InChI=1S/C8H13/c1-2-4-7-6-8(7)5-3-1/h7H,1-6H2. The molecule has 0 aromatic heterocycles. The maximum absolute atomic E-state index is 1.89. The molecule has 0 heterocycles. The van der Waals surface area contributed by atoms with Crippen molar-refractivity contribution in [1.82, 2.24) is 0 Å². The first-order valence-electron chi connectivity index (χ1n) is 3.81. The lowest BCUT2D eigenvalue weighted by atomic mass is 10.2. The van der Waals surface area contributed by atoms with Crippen LogP contribution in [0.15, 0.2) is 0 Å². The summed E-state index contributed by atoms with van der Waals surface area (Å²) in [6.45, 7) is 0. The smallest absolute Gasteiger partial charge is 0.0207 e. The molecule has 1 radical (unpaired) electrons. The van der Waals surface area contributed by atoms with E-state index >= 15 is 0 Å². The van der Waals surface area contributed by atoms with Crippen LogP contribution in [0.1, 0.15) is 38.5 Å². The third-order valence-electron chi connectivity index (χ3n) is 2.48. The maximum atomic E-state index is 1.89. The van der Waals surface area contributed by atoms with Gasteiger partial charge in [-0.05, 0) is 31.1 Å². The predicted molar refractivity (Wildman–Crippen MR) is 34.4 cm³/mol. The normalized spacial score (nSPS) is 38.2.